The van der Waals surface area contributed by atoms with Crippen molar-refractivity contribution in [3.63, 3.8) is 0 Å². The van der Waals surface area contributed by atoms with E-state index in [1.165, 1.54) is 20.9 Å². The molecule has 1 aliphatic rings. The molecule has 1 unspecified atom stereocenters. The second kappa shape index (κ2) is 9.25. The van der Waals surface area contributed by atoms with Crippen molar-refractivity contribution < 1.29 is 19.2 Å². The van der Waals surface area contributed by atoms with Crippen LogP contribution >= 0.6 is 41.1 Å². The van der Waals surface area contributed by atoms with E-state index in [2.05, 4.69) is 61.2 Å². The number of rotatable bonds is 7. The summed E-state index contributed by atoms with van der Waals surface area (Å²) >= 11 is 3.42. The average molecular weight is 443 g/mol. The molecule has 0 saturated carbocycles. The van der Waals surface area contributed by atoms with Crippen molar-refractivity contribution in [1.29, 1.82) is 0 Å². The fourth-order valence-corrected chi connectivity index (χ4v) is 5.78. The van der Waals surface area contributed by atoms with Gasteiger partial charge in [0, 0.05) is 0 Å². The van der Waals surface area contributed by atoms with Gasteiger partial charge in [0.25, 0.3) is 0 Å². The van der Waals surface area contributed by atoms with Gasteiger partial charge < -0.3 is 0 Å². The molecule has 3 N–H and O–H groups in total. The van der Waals surface area contributed by atoms with Crippen LogP contribution in [-0.2, 0) is 4.52 Å². The fraction of sp³-hybridized carbons (Fsp3) is 0.222. The molecule has 0 aromatic heterocycles. The molecule has 3 rings (SSSR count). The second-order valence-corrected chi connectivity index (χ2v) is 10.0. The van der Waals surface area contributed by atoms with E-state index < -0.39 is 8.17 Å². The van der Waals surface area contributed by atoms with Gasteiger partial charge in [-0.3, -0.25) is 0 Å². The number of para-hydroxylation sites is 2. The van der Waals surface area contributed by atoms with Gasteiger partial charge in [-0.1, -0.05) is 0 Å². The molecule has 0 fully saturated rings. The summed E-state index contributed by atoms with van der Waals surface area (Å²) in [4.78, 5) is 26.8. The van der Waals surface area contributed by atoms with Gasteiger partial charge in [0.15, 0.2) is 0 Å². The van der Waals surface area contributed by atoms with Crippen LogP contribution in [0.2, 0.25) is 0 Å². The van der Waals surface area contributed by atoms with E-state index in [0.29, 0.717) is 6.42 Å². The van der Waals surface area contributed by atoms with Gasteiger partial charge in [-0.15, -0.1) is 0 Å². The molecule has 0 aliphatic carbocycles. The van der Waals surface area contributed by atoms with Crippen LogP contribution in [0, 0.1) is 0 Å². The number of anilines is 2. The molecular weight excluding hydrogens is 420 g/mol. The van der Waals surface area contributed by atoms with Gasteiger partial charge in [0.2, 0.25) is 0 Å². The van der Waals surface area contributed by atoms with Gasteiger partial charge in [-0.25, -0.2) is 0 Å². The summed E-state index contributed by atoms with van der Waals surface area (Å²) in [6, 6.07) is 16.7. The first-order chi connectivity index (χ1) is 12.9. The third-order valence-electron chi connectivity index (χ3n) is 4.07. The topological polar surface area (TPSA) is 73.2 Å². The molecule has 1 atom stereocenters. The number of nitrogens with zero attached hydrogens (tertiary/aromatic N) is 1. The first kappa shape index (κ1) is 21.1. The van der Waals surface area contributed by atoms with Gasteiger partial charge in [0.05, 0.1) is 0 Å². The summed E-state index contributed by atoms with van der Waals surface area (Å²) in [7, 11) is -1.61. The van der Waals surface area contributed by atoms with Crippen molar-refractivity contribution >= 4 is 58.0 Å². The van der Waals surface area contributed by atoms with Crippen LogP contribution in [0.4, 0.5) is 11.4 Å². The molecule has 0 amide bonds. The SMILES string of the molecule is CSC(SCCCO[PH](O)(O)O)=C1c2ccccc2N(P)c2ccccc21. The molecule has 5 nitrogen and oxygen atoms in total. The molecular formula is C18H23NO4P2S2. The maximum absolute atomic E-state index is 8.92. The van der Waals surface area contributed by atoms with Crippen LogP contribution < -0.4 is 4.67 Å². The summed E-state index contributed by atoms with van der Waals surface area (Å²) in [6.07, 6.45) is 2.68. The van der Waals surface area contributed by atoms with Crippen molar-refractivity contribution in [3.05, 3.63) is 63.9 Å². The molecule has 0 radical (unpaired) electrons. The van der Waals surface area contributed by atoms with Crippen LogP contribution in [0.5, 0.6) is 0 Å². The van der Waals surface area contributed by atoms with Crippen LogP contribution in [0.25, 0.3) is 5.57 Å². The zero-order valence-corrected chi connectivity index (χ0v) is 18.6. The minimum absolute atomic E-state index is 0.117. The number of benzene rings is 2. The Balaban J connectivity index is 1.89. The van der Waals surface area contributed by atoms with Crippen LogP contribution in [-0.4, -0.2) is 33.3 Å². The van der Waals surface area contributed by atoms with E-state index in [4.69, 9.17) is 14.7 Å². The zero-order valence-electron chi connectivity index (χ0n) is 14.8. The Labute approximate surface area is 170 Å². The molecule has 146 valence electrons. The number of hydrogen-bond donors (Lipinski definition) is 3. The predicted molar refractivity (Wildman–Crippen MR) is 122 cm³/mol. The Morgan fingerprint density at radius 2 is 1.59 bits per heavy atom. The van der Waals surface area contributed by atoms with Crippen LogP contribution in [0.1, 0.15) is 17.5 Å². The molecule has 0 saturated heterocycles. The number of hydrogen-bond acceptors (Lipinski definition) is 7. The summed E-state index contributed by atoms with van der Waals surface area (Å²) in [6.45, 7) is 0.117. The predicted octanol–water partition coefficient (Wildman–Crippen LogP) is 4.53. The van der Waals surface area contributed by atoms with E-state index >= 15 is 0 Å². The summed E-state index contributed by atoms with van der Waals surface area (Å²) in [5, 5.41) is 0. The quantitative estimate of drug-likeness (QED) is 0.429. The van der Waals surface area contributed by atoms with Gasteiger partial charge in [-0.05, 0) is 0 Å². The van der Waals surface area contributed by atoms with Crippen molar-refractivity contribution in [3.8, 4) is 0 Å². The average Bonchev–Trinajstić information content (AvgIpc) is 2.65. The molecule has 9 heteroatoms. The second-order valence-electron chi connectivity index (χ2n) is 5.90. The Kier molecular flexibility index (Phi) is 7.23. The van der Waals surface area contributed by atoms with Gasteiger partial charge in [0.1, 0.15) is 0 Å². The van der Waals surface area contributed by atoms with E-state index in [1.54, 1.807) is 23.5 Å². The number of fused-ring (bicyclic) bond motifs is 2. The Morgan fingerprint density at radius 3 is 2.11 bits per heavy atom. The Hall–Kier alpha value is -0.620. The fourth-order valence-electron chi connectivity index (χ4n) is 2.95. The molecule has 1 aliphatic heterocycles. The summed E-state index contributed by atoms with van der Waals surface area (Å²) < 4.78 is 8.02. The van der Waals surface area contributed by atoms with E-state index in [9.17, 15) is 0 Å². The van der Waals surface area contributed by atoms with E-state index in [1.807, 2.05) is 12.1 Å². The van der Waals surface area contributed by atoms with Crippen LogP contribution in [0.3, 0.4) is 0 Å². The first-order valence-corrected chi connectivity index (χ1v) is 12.9. The molecule has 2 aromatic carbocycles. The molecule has 2 aromatic rings. The van der Waals surface area contributed by atoms with Crippen molar-refractivity contribution in [2.24, 2.45) is 0 Å². The third-order valence-corrected chi connectivity index (χ3v) is 7.61. The first-order valence-electron chi connectivity index (χ1n) is 8.38. The molecule has 1 heterocycles. The summed E-state index contributed by atoms with van der Waals surface area (Å²) in [5.41, 5.74) is 5.87. The molecule has 27 heavy (non-hydrogen) atoms. The standard InChI is InChI=1S/C18H23NO4P2S2/c1-26-18(27-12-6-11-23-25(20,21)22)17-13-7-2-4-9-15(13)19(24)16-10-5-3-8-14(16)17/h2-5,7-10,20-22,25H,6,11-12,24H2,1H3. The molecule has 0 bridgehead atoms. The third kappa shape index (κ3) is 5.06. The monoisotopic (exact) mass is 443 g/mol. The zero-order chi connectivity index (χ0) is 19.4. The normalized spacial score (nSPS) is 14.0. The minimum atomic E-state index is -4.41. The number of thioether (sulfide) groups is 2. The van der Waals surface area contributed by atoms with E-state index in [-0.39, 0.29) is 6.61 Å². The van der Waals surface area contributed by atoms with Gasteiger partial charge in [-0.2, -0.15) is 0 Å². The Morgan fingerprint density at radius 1 is 1.04 bits per heavy atom. The summed E-state index contributed by atoms with van der Waals surface area (Å²) in [5.74, 6) is 0.749. The van der Waals surface area contributed by atoms with Crippen molar-refractivity contribution in [1.82, 2.24) is 0 Å². The van der Waals surface area contributed by atoms with Crippen LogP contribution in [0.15, 0.2) is 52.8 Å². The van der Waals surface area contributed by atoms with E-state index in [0.717, 1.165) is 17.1 Å². The van der Waals surface area contributed by atoms with Crippen molar-refractivity contribution in [2.75, 3.05) is 23.3 Å². The molecule has 0 spiro atoms. The van der Waals surface area contributed by atoms with Crippen molar-refractivity contribution in [2.45, 2.75) is 6.42 Å². The maximum atomic E-state index is 8.92. The van der Waals surface area contributed by atoms with Gasteiger partial charge >= 0.3 is 171 Å². The Bertz CT molecular complexity index is 793.